The van der Waals surface area contributed by atoms with Gasteiger partial charge < -0.3 is 15.6 Å². The van der Waals surface area contributed by atoms with Gasteiger partial charge in [0.15, 0.2) is 0 Å². The monoisotopic (exact) mass is 251 g/mol. The second-order valence-corrected chi connectivity index (χ2v) is 4.54. The molecule has 0 aliphatic heterocycles. The molecule has 0 fully saturated rings. The van der Waals surface area contributed by atoms with Crippen molar-refractivity contribution in [3.63, 3.8) is 0 Å². The number of hydrogen-bond acceptors (Lipinski definition) is 3. The van der Waals surface area contributed by atoms with Crippen LogP contribution in [0, 0.1) is 0 Å². The lowest BCUT2D eigenvalue weighted by molar-refractivity contribution is -0.139. The molecule has 0 aliphatic rings. The zero-order valence-electron chi connectivity index (χ0n) is 10.9. The van der Waals surface area contributed by atoms with E-state index in [1.807, 2.05) is 37.3 Å². The van der Waals surface area contributed by atoms with Gasteiger partial charge in [0.05, 0.1) is 13.0 Å². The number of methoxy groups -OCH3 is 1. The predicted octanol–water partition coefficient (Wildman–Crippen LogP) is 1.78. The number of carboxylic acids is 1. The smallest absolute Gasteiger partial charge is 0.304 e. The minimum absolute atomic E-state index is 0.0279. The second kappa shape index (κ2) is 6.52. The number of ether oxygens (including phenoxy) is 1. The van der Waals surface area contributed by atoms with Crippen LogP contribution in [0.4, 0.5) is 0 Å². The fourth-order valence-corrected chi connectivity index (χ4v) is 2.38. The molecule has 2 unspecified atom stereocenters. The standard InChI is InChI=1S/C14H21NO3/c1-3-12(15)14(10-18-2,9-13(16)17)11-7-5-4-6-8-11/h4-8,12H,3,9-10,15H2,1-2H3,(H,16,17). The maximum absolute atomic E-state index is 11.2. The summed E-state index contributed by atoms with van der Waals surface area (Å²) in [6.07, 6.45) is 0.672. The predicted molar refractivity (Wildman–Crippen MR) is 70.5 cm³/mol. The molecule has 18 heavy (non-hydrogen) atoms. The van der Waals surface area contributed by atoms with Crippen molar-refractivity contribution in [3.8, 4) is 0 Å². The van der Waals surface area contributed by atoms with Gasteiger partial charge >= 0.3 is 5.97 Å². The van der Waals surface area contributed by atoms with Crippen LogP contribution in [0.5, 0.6) is 0 Å². The van der Waals surface area contributed by atoms with Gasteiger partial charge in [-0.1, -0.05) is 37.3 Å². The van der Waals surface area contributed by atoms with Gasteiger partial charge in [-0.25, -0.2) is 0 Å². The third-order valence-corrected chi connectivity index (χ3v) is 3.37. The minimum atomic E-state index is -0.861. The molecule has 1 rings (SSSR count). The van der Waals surface area contributed by atoms with Gasteiger partial charge in [0.25, 0.3) is 0 Å². The van der Waals surface area contributed by atoms with Gasteiger partial charge in [0, 0.05) is 18.6 Å². The Kier molecular flexibility index (Phi) is 5.31. The Morgan fingerprint density at radius 2 is 2.06 bits per heavy atom. The maximum atomic E-state index is 11.2. The molecule has 1 aromatic carbocycles. The summed E-state index contributed by atoms with van der Waals surface area (Å²) in [5, 5.41) is 9.17. The Hall–Kier alpha value is -1.39. The Morgan fingerprint density at radius 1 is 1.44 bits per heavy atom. The third kappa shape index (κ3) is 3.09. The second-order valence-electron chi connectivity index (χ2n) is 4.54. The first-order chi connectivity index (χ1) is 8.56. The van der Waals surface area contributed by atoms with Crippen LogP contribution in [0.25, 0.3) is 0 Å². The van der Waals surface area contributed by atoms with Crippen LogP contribution in [-0.2, 0) is 14.9 Å². The van der Waals surface area contributed by atoms with Crippen LogP contribution in [0.3, 0.4) is 0 Å². The SMILES string of the molecule is CCC(N)C(COC)(CC(=O)O)c1ccccc1. The molecule has 0 saturated heterocycles. The van der Waals surface area contributed by atoms with Crippen molar-refractivity contribution in [2.45, 2.75) is 31.2 Å². The van der Waals surface area contributed by atoms with Crippen molar-refractivity contribution < 1.29 is 14.6 Å². The lowest BCUT2D eigenvalue weighted by atomic mass is 9.71. The van der Waals surface area contributed by atoms with Gasteiger partial charge in [-0.15, -0.1) is 0 Å². The zero-order chi connectivity index (χ0) is 13.6. The van der Waals surface area contributed by atoms with Gasteiger partial charge in [-0.3, -0.25) is 4.79 Å². The van der Waals surface area contributed by atoms with Crippen LogP contribution in [0.2, 0.25) is 0 Å². The molecule has 1 aromatic rings. The average molecular weight is 251 g/mol. The maximum Gasteiger partial charge on any atom is 0.304 e. The van der Waals surface area contributed by atoms with E-state index >= 15 is 0 Å². The van der Waals surface area contributed by atoms with Crippen LogP contribution in [0.1, 0.15) is 25.3 Å². The number of carboxylic acid groups (broad SMARTS) is 1. The van der Waals surface area contributed by atoms with Crippen LogP contribution in [-0.4, -0.2) is 30.8 Å². The van der Waals surface area contributed by atoms with E-state index in [2.05, 4.69) is 0 Å². The highest BCUT2D eigenvalue weighted by molar-refractivity contribution is 5.69. The number of nitrogens with two attached hydrogens (primary N) is 1. The number of aliphatic carboxylic acids is 1. The van der Waals surface area contributed by atoms with Crippen molar-refractivity contribution in [1.29, 1.82) is 0 Å². The fourth-order valence-electron chi connectivity index (χ4n) is 2.38. The van der Waals surface area contributed by atoms with Gasteiger partial charge in [-0.2, -0.15) is 0 Å². The lowest BCUT2D eigenvalue weighted by Gasteiger charge is -2.37. The molecule has 0 aromatic heterocycles. The molecule has 0 radical (unpaired) electrons. The van der Waals surface area contributed by atoms with Gasteiger partial charge in [-0.05, 0) is 12.0 Å². The number of hydrogen-bond donors (Lipinski definition) is 2. The molecule has 4 nitrogen and oxygen atoms in total. The first-order valence-electron chi connectivity index (χ1n) is 6.08. The van der Waals surface area contributed by atoms with E-state index in [-0.39, 0.29) is 12.5 Å². The summed E-state index contributed by atoms with van der Waals surface area (Å²) in [7, 11) is 1.57. The molecule has 0 saturated carbocycles. The van der Waals surface area contributed by atoms with E-state index < -0.39 is 11.4 Å². The number of carbonyl (C=O) groups is 1. The summed E-state index contributed by atoms with van der Waals surface area (Å²) in [5.74, 6) is -0.861. The van der Waals surface area contributed by atoms with E-state index in [1.54, 1.807) is 7.11 Å². The van der Waals surface area contributed by atoms with Crippen LogP contribution < -0.4 is 5.73 Å². The Labute approximate surface area is 108 Å². The Morgan fingerprint density at radius 3 is 2.50 bits per heavy atom. The van der Waals surface area contributed by atoms with Crippen molar-refractivity contribution in [3.05, 3.63) is 35.9 Å². The molecule has 0 amide bonds. The van der Waals surface area contributed by atoms with Crippen LogP contribution >= 0.6 is 0 Å². The first-order valence-corrected chi connectivity index (χ1v) is 6.08. The summed E-state index contributed by atoms with van der Waals surface area (Å²) in [4.78, 5) is 11.2. The highest BCUT2D eigenvalue weighted by Crippen LogP contribution is 2.33. The van der Waals surface area contributed by atoms with E-state index in [9.17, 15) is 9.90 Å². The largest absolute Gasteiger partial charge is 0.481 e. The highest BCUT2D eigenvalue weighted by atomic mass is 16.5. The minimum Gasteiger partial charge on any atom is -0.481 e. The summed E-state index contributed by atoms with van der Waals surface area (Å²) < 4.78 is 5.24. The molecule has 100 valence electrons. The van der Waals surface area contributed by atoms with Crippen molar-refractivity contribution in [2.75, 3.05) is 13.7 Å². The normalized spacial score (nSPS) is 15.9. The summed E-state index contributed by atoms with van der Waals surface area (Å²) in [6, 6.07) is 9.26. The van der Waals surface area contributed by atoms with Crippen molar-refractivity contribution in [2.24, 2.45) is 5.73 Å². The zero-order valence-corrected chi connectivity index (χ0v) is 10.9. The molecule has 0 heterocycles. The fraction of sp³-hybridized carbons (Fsp3) is 0.500. The van der Waals surface area contributed by atoms with Gasteiger partial charge in [0.2, 0.25) is 0 Å². The lowest BCUT2D eigenvalue weighted by Crippen LogP contribution is -2.49. The first kappa shape index (κ1) is 14.7. The van der Waals surface area contributed by atoms with Crippen molar-refractivity contribution >= 4 is 5.97 Å². The molecule has 0 aliphatic carbocycles. The Balaban J connectivity index is 3.23. The van der Waals surface area contributed by atoms with E-state index in [0.29, 0.717) is 13.0 Å². The molecular weight excluding hydrogens is 230 g/mol. The van der Waals surface area contributed by atoms with Gasteiger partial charge in [0.1, 0.15) is 0 Å². The summed E-state index contributed by atoms with van der Waals surface area (Å²) >= 11 is 0. The van der Waals surface area contributed by atoms with E-state index in [1.165, 1.54) is 0 Å². The Bertz CT molecular complexity index is 380. The summed E-state index contributed by atoms with van der Waals surface area (Å²) in [6.45, 7) is 2.26. The molecular formula is C14H21NO3. The number of benzene rings is 1. The molecule has 0 bridgehead atoms. The average Bonchev–Trinajstić information content (AvgIpc) is 2.37. The molecule has 4 heteroatoms. The third-order valence-electron chi connectivity index (χ3n) is 3.37. The highest BCUT2D eigenvalue weighted by Gasteiger charge is 2.39. The molecule has 0 spiro atoms. The van der Waals surface area contributed by atoms with Crippen molar-refractivity contribution in [1.82, 2.24) is 0 Å². The van der Waals surface area contributed by atoms with E-state index in [4.69, 9.17) is 10.5 Å². The molecule has 3 N–H and O–H groups in total. The quantitative estimate of drug-likeness (QED) is 0.775. The topological polar surface area (TPSA) is 72.5 Å². The summed E-state index contributed by atoms with van der Waals surface area (Å²) in [5.41, 5.74) is 6.43. The van der Waals surface area contributed by atoms with E-state index in [0.717, 1.165) is 5.56 Å². The molecule has 2 atom stereocenters. The van der Waals surface area contributed by atoms with Crippen LogP contribution in [0.15, 0.2) is 30.3 Å². The number of rotatable bonds is 7.